The number of hydrogen-bond donors (Lipinski definition) is 1. The lowest BCUT2D eigenvalue weighted by atomic mass is 10.3. The Hall–Kier alpha value is -2.19. The molecule has 2 aliphatic rings. The molecular formula is C17H21N3O4S. The van der Waals surface area contributed by atoms with Crippen LogP contribution >= 0.6 is 0 Å². The minimum absolute atomic E-state index is 0.241. The molecule has 1 heterocycles. The van der Waals surface area contributed by atoms with E-state index in [-0.39, 0.29) is 35.8 Å². The largest absolute Gasteiger partial charge is 0.350 e. The van der Waals surface area contributed by atoms with Crippen LogP contribution in [0.25, 0.3) is 0 Å². The van der Waals surface area contributed by atoms with Gasteiger partial charge in [0.05, 0.1) is 4.90 Å². The molecule has 1 saturated heterocycles. The first-order valence-electron chi connectivity index (χ1n) is 8.29. The second kappa shape index (κ2) is 7.37. The van der Waals surface area contributed by atoms with E-state index in [1.54, 1.807) is 35.2 Å². The van der Waals surface area contributed by atoms with E-state index in [0.29, 0.717) is 13.1 Å². The van der Waals surface area contributed by atoms with Gasteiger partial charge in [-0.25, -0.2) is 8.42 Å². The minimum atomic E-state index is -3.53. The molecule has 0 bridgehead atoms. The van der Waals surface area contributed by atoms with Crippen molar-refractivity contribution in [2.24, 2.45) is 0 Å². The number of benzene rings is 1. The van der Waals surface area contributed by atoms with Gasteiger partial charge in [-0.3, -0.25) is 9.59 Å². The molecule has 1 saturated carbocycles. The Morgan fingerprint density at radius 1 is 1.00 bits per heavy atom. The average molecular weight is 363 g/mol. The molecule has 1 aliphatic carbocycles. The molecule has 25 heavy (non-hydrogen) atoms. The molecule has 1 aromatic rings. The fourth-order valence-corrected chi connectivity index (χ4v) is 4.06. The summed E-state index contributed by atoms with van der Waals surface area (Å²) < 4.78 is 26.5. The summed E-state index contributed by atoms with van der Waals surface area (Å²) in [6.45, 7) is 1.09. The molecule has 0 atom stereocenters. The molecule has 7 nitrogen and oxygen atoms in total. The highest BCUT2D eigenvalue weighted by molar-refractivity contribution is 7.89. The van der Waals surface area contributed by atoms with Crippen molar-refractivity contribution >= 4 is 21.8 Å². The molecule has 1 aromatic carbocycles. The number of carbonyl (C=O) groups is 2. The molecule has 0 unspecified atom stereocenters. The number of sulfonamides is 1. The quantitative estimate of drug-likeness (QED) is 0.765. The molecule has 2 fully saturated rings. The van der Waals surface area contributed by atoms with Gasteiger partial charge in [-0.15, -0.1) is 0 Å². The van der Waals surface area contributed by atoms with Gasteiger partial charge in [0.15, 0.2) is 0 Å². The van der Waals surface area contributed by atoms with Gasteiger partial charge in [-0.1, -0.05) is 18.2 Å². The Kier molecular flexibility index (Phi) is 5.19. The van der Waals surface area contributed by atoms with Gasteiger partial charge in [-0.2, -0.15) is 4.31 Å². The van der Waals surface area contributed by atoms with E-state index in [9.17, 15) is 18.0 Å². The summed E-state index contributed by atoms with van der Waals surface area (Å²) in [7, 11) is -3.53. The smallest absolute Gasteiger partial charge is 0.246 e. The molecular weight excluding hydrogens is 342 g/mol. The van der Waals surface area contributed by atoms with Crippen molar-refractivity contribution in [1.82, 2.24) is 14.5 Å². The number of hydrogen-bond acceptors (Lipinski definition) is 4. The third-order valence-corrected chi connectivity index (χ3v) is 6.15. The topological polar surface area (TPSA) is 86.8 Å². The van der Waals surface area contributed by atoms with Gasteiger partial charge in [-0.05, 0) is 25.0 Å². The second-order valence-electron chi connectivity index (χ2n) is 6.16. The van der Waals surface area contributed by atoms with E-state index < -0.39 is 10.0 Å². The van der Waals surface area contributed by atoms with Crippen LogP contribution in [-0.2, 0) is 19.6 Å². The molecule has 0 spiro atoms. The van der Waals surface area contributed by atoms with Gasteiger partial charge in [0.1, 0.15) is 0 Å². The normalized spacial score (nSPS) is 19.1. The van der Waals surface area contributed by atoms with Crippen LogP contribution in [0.15, 0.2) is 47.4 Å². The van der Waals surface area contributed by atoms with E-state index in [1.807, 2.05) is 0 Å². The summed E-state index contributed by atoms with van der Waals surface area (Å²) >= 11 is 0. The first kappa shape index (κ1) is 17.6. The Bertz CT molecular complexity index is 764. The molecule has 3 rings (SSSR count). The number of carbonyl (C=O) groups excluding carboxylic acids is 2. The second-order valence-corrected chi connectivity index (χ2v) is 8.10. The SMILES string of the molecule is O=C(/C=C/C(=O)N1CCN(S(=O)(=O)c2ccccc2)CC1)NC1CC1. The first-order chi connectivity index (χ1) is 12.0. The van der Waals surface area contributed by atoms with E-state index in [4.69, 9.17) is 0 Å². The van der Waals surface area contributed by atoms with Crippen LogP contribution in [0.2, 0.25) is 0 Å². The van der Waals surface area contributed by atoms with E-state index >= 15 is 0 Å². The fraction of sp³-hybridized carbons (Fsp3) is 0.412. The molecule has 1 N–H and O–H groups in total. The van der Waals surface area contributed by atoms with Crippen LogP contribution in [0.4, 0.5) is 0 Å². The molecule has 8 heteroatoms. The van der Waals surface area contributed by atoms with Crippen LogP contribution in [0.3, 0.4) is 0 Å². The zero-order chi connectivity index (χ0) is 17.9. The monoisotopic (exact) mass is 363 g/mol. The lowest BCUT2D eigenvalue weighted by Crippen LogP contribution is -2.50. The predicted molar refractivity (Wildman–Crippen MR) is 92.1 cm³/mol. The lowest BCUT2D eigenvalue weighted by Gasteiger charge is -2.33. The highest BCUT2D eigenvalue weighted by Gasteiger charge is 2.29. The van der Waals surface area contributed by atoms with Gasteiger partial charge in [0, 0.05) is 44.4 Å². The fourth-order valence-electron chi connectivity index (χ4n) is 2.62. The van der Waals surface area contributed by atoms with E-state index in [2.05, 4.69) is 5.32 Å². The summed E-state index contributed by atoms with van der Waals surface area (Å²) in [6, 6.07) is 8.51. The summed E-state index contributed by atoms with van der Waals surface area (Å²) in [4.78, 5) is 25.5. The number of piperazine rings is 1. The van der Waals surface area contributed by atoms with Crippen LogP contribution < -0.4 is 5.32 Å². The van der Waals surface area contributed by atoms with Gasteiger partial charge in [0.2, 0.25) is 21.8 Å². The van der Waals surface area contributed by atoms with Gasteiger partial charge < -0.3 is 10.2 Å². The van der Waals surface area contributed by atoms with Crippen molar-refractivity contribution in [1.29, 1.82) is 0 Å². The Labute approximate surface area is 147 Å². The van der Waals surface area contributed by atoms with Crippen LogP contribution in [-0.4, -0.2) is 61.7 Å². The number of amides is 2. The number of nitrogens with zero attached hydrogens (tertiary/aromatic N) is 2. The molecule has 2 amide bonds. The highest BCUT2D eigenvalue weighted by atomic mass is 32.2. The van der Waals surface area contributed by atoms with Crippen molar-refractivity contribution in [3.8, 4) is 0 Å². The maximum Gasteiger partial charge on any atom is 0.246 e. The molecule has 1 aliphatic heterocycles. The highest BCUT2D eigenvalue weighted by Crippen LogP contribution is 2.18. The Morgan fingerprint density at radius 2 is 1.64 bits per heavy atom. The van der Waals surface area contributed by atoms with E-state index in [1.165, 1.54) is 16.5 Å². The maximum atomic E-state index is 12.5. The molecule has 0 radical (unpaired) electrons. The lowest BCUT2D eigenvalue weighted by molar-refractivity contribution is -0.127. The van der Waals surface area contributed by atoms with Crippen molar-refractivity contribution in [2.45, 2.75) is 23.8 Å². The average Bonchev–Trinajstić information content (AvgIpc) is 3.44. The van der Waals surface area contributed by atoms with E-state index in [0.717, 1.165) is 12.8 Å². The zero-order valence-corrected chi connectivity index (χ0v) is 14.6. The summed E-state index contributed by atoms with van der Waals surface area (Å²) in [5, 5.41) is 2.77. The standard InChI is InChI=1S/C17H21N3O4S/c21-16(18-14-6-7-14)8-9-17(22)19-10-12-20(13-11-19)25(23,24)15-4-2-1-3-5-15/h1-5,8-9,14H,6-7,10-13H2,(H,18,21)/b9-8+. The molecule has 0 aromatic heterocycles. The number of nitrogens with one attached hydrogen (secondary N) is 1. The van der Waals surface area contributed by atoms with Gasteiger partial charge >= 0.3 is 0 Å². The predicted octanol–water partition coefficient (Wildman–Crippen LogP) is 0.354. The van der Waals surface area contributed by atoms with Crippen molar-refractivity contribution < 1.29 is 18.0 Å². The summed E-state index contributed by atoms with van der Waals surface area (Å²) in [5.41, 5.74) is 0. The van der Waals surface area contributed by atoms with Crippen LogP contribution in [0.5, 0.6) is 0 Å². The van der Waals surface area contributed by atoms with Crippen LogP contribution in [0, 0.1) is 0 Å². The van der Waals surface area contributed by atoms with Gasteiger partial charge in [0.25, 0.3) is 0 Å². The van der Waals surface area contributed by atoms with Crippen LogP contribution in [0.1, 0.15) is 12.8 Å². The van der Waals surface area contributed by atoms with Crippen molar-refractivity contribution in [2.75, 3.05) is 26.2 Å². The first-order valence-corrected chi connectivity index (χ1v) is 9.73. The third kappa shape index (κ3) is 4.46. The third-order valence-electron chi connectivity index (χ3n) is 4.23. The number of rotatable bonds is 5. The molecule has 134 valence electrons. The zero-order valence-electron chi connectivity index (χ0n) is 13.8. The maximum absolute atomic E-state index is 12.5. The van der Waals surface area contributed by atoms with Crippen molar-refractivity contribution in [3.63, 3.8) is 0 Å². The minimum Gasteiger partial charge on any atom is -0.350 e. The Balaban J connectivity index is 1.53. The summed E-state index contributed by atoms with van der Waals surface area (Å²) in [6.07, 6.45) is 4.48. The Morgan fingerprint density at radius 3 is 2.24 bits per heavy atom. The summed E-state index contributed by atoms with van der Waals surface area (Å²) in [5.74, 6) is -0.538. The van der Waals surface area contributed by atoms with Crippen molar-refractivity contribution in [3.05, 3.63) is 42.5 Å².